The number of benzene rings is 3. The van der Waals surface area contributed by atoms with E-state index in [1.54, 1.807) is 0 Å². The van der Waals surface area contributed by atoms with Crippen molar-refractivity contribution in [3.63, 3.8) is 0 Å². The average molecular weight is 523 g/mol. The van der Waals surface area contributed by atoms with Crippen molar-refractivity contribution in [3.05, 3.63) is 108 Å². The molecule has 0 saturated heterocycles. The summed E-state index contributed by atoms with van der Waals surface area (Å²) >= 11 is 2.89. The molecule has 5 nitrogen and oxygen atoms in total. The predicted octanol–water partition coefficient (Wildman–Crippen LogP) is 2.91. The zero-order valence-electron chi connectivity index (χ0n) is 18.1. The molecule has 7 heteroatoms. The minimum absolute atomic E-state index is 0.114. The molecule has 0 heterocycles. The van der Waals surface area contributed by atoms with Crippen molar-refractivity contribution in [1.82, 2.24) is 10.6 Å². The molecule has 2 amide bonds. The topological polar surface area (TPSA) is 75.3 Å². The molecule has 2 N–H and O–H groups in total. The first-order chi connectivity index (χ1) is 16.0. The van der Waals surface area contributed by atoms with Gasteiger partial charge in [0.15, 0.2) is 0 Å². The van der Waals surface area contributed by atoms with Crippen molar-refractivity contribution in [2.75, 3.05) is 0 Å². The number of thiol groups is 1. The third kappa shape index (κ3) is 8.23. The molecule has 0 radical (unpaired) electrons. The van der Waals surface area contributed by atoms with Gasteiger partial charge in [-0.2, -0.15) is 0 Å². The molecular formula is C26H27AsN2O3S. The van der Waals surface area contributed by atoms with Gasteiger partial charge in [0.25, 0.3) is 0 Å². The van der Waals surface area contributed by atoms with Crippen molar-refractivity contribution in [3.8, 4) is 0 Å². The summed E-state index contributed by atoms with van der Waals surface area (Å²) in [6, 6.07) is 28.5. The van der Waals surface area contributed by atoms with Gasteiger partial charge in [-0.1, -0.05) is 0 Å². The van der Waals surface area contributed by atoms with Gasteiger partial charge in [-0.25, -0.2) is 0 Å². The van der Waals surface area contributed by atoms with E-state index >= 15 is 0 Å². The van der Waals surface area contributed by atoms with Crippen molar-refractivity contribution in [2.24, 2.45) is 0 Å². The molecule has 1 unspecified atom stereocenters. The van der Waals surface area contributed by atoms with Crippen LogP contribution in [0.2, 0.25) is 4.71 Å². The van der Waals surface area contributed by atoms with Crippen LogP contribution in [-0.4, -0.2) is 37.4 Å². The van der Waals surface area contributed by atoms with Crippen LogP contribution in [0.1, 0.15) is 16.7 Å². The summed E-state index contributed by atoms with van der Waals surface area (Å²) in [5.74, 6) is -0.837. The van der Waals surface area contributed by atoms with Gasteiger partial charge in [0.1, 0.15) is 0 Å². The average Bonchev–Trinajstić information content (AvgIpc) is 2.86. The molecule has 0 fully saturated rings. The number of rotatable bonds is 11. The zero-order chi connectivity index (χ0) is 23.5. The number of hydrogen-bond donors (Lipinski definition) is 3. The monoisotopic (exact) mass is 522 g/mol. The Kier molecular flexibility index (Phi) is 9.79. The van der Waals surface area contributed by atoms with Crippen LogP contribution < -0.4 is 10.6 Å². The normalized spacial score (nSPS) is 11.9. The van der Waals surface area contributed by atoms with Crippen LogP contribution in [0.4, 0.5) is 0 Å². The second kappa shape index (κ2) is 13.0. The van der Waals surface area contributed by atoms with Crippen LogP contribution >= 0.6 is 12.6 Å². The molecule has 0 spiro atoms. The van der Waals surface area contributed by atoms with Crippen molar-refractivity contribution in [2.45, 2.75) is 29.5 Å². The summed E-state index contributed by atoms with van der Waals surface area (Å²) in [4.78, 5) is 38.9. The van der Waals surface area contributed by atoms with E-state index in [4.69, 9.17) is 0 Å². The summed E-state index contributed by atoms with van der Waals surface area (Å²) in [6.07, 6.45) is 0.469. The fraction of sp³-hybridized carbons (Fsp3) is 0.192. The first-order valence-electron chi connectivity index (χ1n) is 10.7. The van der Waals surface area contributed by atoms with Crippen LogP contribution in [0.3, 0.4) is 0 Å². The Bertz CT molecular complexity index is 993. The van der Waals surface area contributed by atoms with Crippen LogP contribution in [0.5, 0.6) is 0 Å². The maximum atomic E-state index is 13.0. The number of nitrogens with one attached hydrogen (secondary N) is 2. The zero-order valence-corrected chi connectivity index (χ0v) is 21.1. The van der Waals surface area contributed by atoms with E-state index in [1.165, 1.54) is 0 Å². The number of carbonyl (C=O) groups excluding carboxylic acids is 3. The molecule has 0 aromatic heterocycles. The maximum absolute atomic E-state index is 13.0. The van der Waals surface area contributed by atoms with E-state index in [2.05, 4.69) is 23.3 Å². The first kappa shape index (κ1) is 24.8. The molecule has 2 atom stereocenters. The Morgan fingerprint density at radius 2 is 1.06 bits per heavy atom. The Hall–Kier alpha value is -2.82. The van der Waals surface area contributed by atoms with E-state index in [0.717, 1.165) is 16.7 Å². The van der Waals surface area contributed by atoms with Gasteiger partial charge in [0.05, 0.1) is 0 Å². The molecule has 3 aromatic carbocycles. The summed E-state index contributed by atoms with van der Waals surface area (Å²) in [5.41, 5.74) is 2.85. The van der Waals surface area contributed by atoms with Crippen molar-refractivity contribution in [1.29, 1.82) is 0 Å². The molecule has 0 aliphatic heterocycles. The Balaban J connectivity index is 1.65. The Labute approximate surface area is 206 Å². The van der Waals surface area contributed by atoms with E-state index in [0.29, 0.717) is 19.5 Å². The van der Waals surface area contributed by atoms with Crippen LogP contribution in [0.15, 0.2) is 91.0 Å². The molecule has 0 aliphatic rings. The van der Waals surface area contributed by atoms with Gasteiger partial charge in [0, 0.05) is 0 Å². The van der Waals surface area contributed by atoms with Crippen molar-refractivity contribution >= 4 is 44.8 Å². The van der Waals surface area contributed by atoms with Crippen LogP contribution in [0, 0.1) is 0 Å². The molecule has 170 valence electrons. The SMILES string of the molecule is O=C(NCc1ccccc1)C([AsH]C(=O)[C@@H](S)Cc1ccccc1)C(=O)NCc1ccccc1. The predicted molar refractivity (Wildman–Crippen MR) is 135 cm³/mol. The molecule has 0 saturated carbocycles. The Morgan fingerprint density at radius 3 is 1.48 bits per heavy atom. The van der Waals surface area contributed by atoms with Crippen LogP contribution in [-0.2, 0) is 33.9 Å². The van der Waals surface area contributed by atoms with E-state index < -0.39 is 37.5 Å². The van der Waals surface area contributed by atoms with Crippen molar-refractivity contribution < 1.29 is 14.4 Å². The second-order valence-corrected chi connectivity index (χ2v) is 11.0. The quantitative estimate of drug-likeness (QED) is 0.206. The molecule has 3 aromatic rings. The summed E-state index contributed by atoms with van der Waals surface area (Å²) in [6.45, 7) is 0.605. The summed E-state index contributed by atoms with van der Waals surface area (Å²) in [7, 11) is 0. The molecule has 0 aliphatic carbocycles. The van der Waals surface area contributed by atoms with Gasteiger partial charge in [-0.3, -0.25) is 0 Å². The number of hydrogen-bond acceptors (Lipinski definition) is 4. The van der Waals surface area contributed by atoms with E-state index in [-0.39, 0.29) is 4.57 Å². The standard InChI is InChI=1S/C26H27AsN2O3S/c30-24(22(33)16-19-10-4-1-5-11-19)27-23(25(31)28-17-20-12-6-2-7-13-20)26(32)29-18-21-14-8-3-9-15-21/h1-15,22-23,27,33H,16-18H2,(H,28,31)(H,29,32)/t22-/m0/s1. The Morgan fingerprint density at radius 1 is 0.667 bits per heavy atom. The minimum atomic E-state index is -1.59. The van der Waals surface area contributed by atoms with E-state index in [9.17, 15) is 14.4 Å². The van der Waals surface area contributed by atoms with Gasteiger partial charge in [-0.15, -0.1) is 0 Å². The fourth-order valence-electron chi connectivity index (χ4n) is 3.19. The number of carbonyl (C=O) groups is 3. The van der Waals surface area contributed by atoms with Gasteiger partial charge >= 0.3 is 207 Å². The van der Waals surface area contributed by atoms with E-state index in [1.807, 2.05) is 91.0 Å². The molecule has 3 rings (SSSR count). The number of amides is 2. The summed E-state index contributed by atoms with van der Waals surface area (Å²) < 4.78 is -1.12. The fourth-order valence-corrected chi connectivity index (χ4v) is 5.98. The molecular weight excluding hydrogens is 495 g/mol. The first-order valence-corrected chi connectivity index (χ1v) is 13.5. The van der Waals surface area contributed by atoms with Gasteiger partial charge in [-0.05, 0) is 0 Å². The summed E-state index contributed by atoms with van der Waals surface area (Å²) in [5, 5.41) is 5.11. The second-order valence-electron chi connectivity index (χ2n) is 7.55. The third-order valence-electron chi connectivity index (χ3n) is 5.00. The third-order valence-corrected chi connectivity index (χ3v) is 8.97. The molecule has 0 bridgehead atoms. The van der Waals surface area contributed by atoms with Gasteiger partial charge < -0.3 is 0 Å². The van der Waals surface area contributed by atoms with Crippen LogP contribution in [0.25, 0.3) is 0 Å². The molecule has 33 heavy (non-hydrogen) atoms. The van der Waals surface area contributed by atoms with Gasteiger partial charge in [0.2, 0.25) is 0 Å².